The Morgan fingerprint density at radius 1 is 0.905 bits per heavy atom. The van der Waals surface area contributed by atoms with E-state index >= 15 is 0 Å². The molecule has 0 spiro atoms. The third-order valence-electron chi connectivity index (χ3n) is 3.69. The molecule has 0 aliphatic carbocycles. The van der Waals surface area contributed by atoms with Crippen molar-refractivity contribution in [1.29, 1.82) is 0 Å². The Labute approximate surface area is 129 Å². The molecule has 0 aliphatic rings. The first-order valence-electron chi connectivity index (χ1n) is 7.73. The summed E-state index contributed by atoms with van der Waals surface area (Å²) in [7, 11) is 0. The van der Waals surface area contributed by atoms with Gasteiger partial charge in [-0.15, -0.1) is 0 Å². The highest BCUT2D eigenvalue weighted by molar-refractivity contribution is 5.33. The molecule has 1 nitrogen and oxygen atoms in total. The average molecular weight is 282 g/mol. The fourth-order valence-electron chi connectivity index (χ4n) is 2.37. The lowest BCUT2D eigenvalue weighted by Crippen LogP contribution is -2.13. The number of rotatable bonds is 5. The van der Waals surface area contributed by atoms with E-state index in [1.807, 2.05) is 6.07 Å². The maximum absolute atomic E-state index is 6.33. The van der Waals surface area contributed by atoms with Gasteiger partial charge in [0.1, 0.15) is 11.9 Å². The molecule has 1 atom stereocenters. The van der Waals surface area contributed by atoms with Crippen LogP contribution in [0.1, 0.15) is 50.8 Å². The zero-order chi connectivity index (χ0) is 15.3. The van der Waals surface area contributed by atoms with Crippen LogP contribution in [0, 0.1) is 12.3 Å². The summed E-state index contributed by atoms with van der Waals surface area (Å²) in [6, 6.07) is 18.8. The van der Waals surface area contributed by atoms with E-state index in [4.69, 9.17) is 4.74 Å². The largest absolute Gasteiger partial charge is 0.485 e. The van der Waals surface area contributed by atoms with Crippen molar-refractivity contribution in [3.63, 3.8) is 0 Å². The highest BCUT2D eigenvalue weighted by Gasteiger charge is 2.18. The van der Waals surface area contributed by atoms with Crippen LogP contribution < -0.4 is 4.74 Å². The fourth-order valence-corrected chi connectivity index (χ4v) is 2.37. The van der Waals surface area contributed by atoms with Gasteiger partial charge >= 0.3 is 0 Å². The molecule has 0 amide bonds. The lowest BCUT2D eigenvalue weighted by Gasteiger charge is -2.25. The van der Waals surface area contributed by atoms with E-state index in [1.165, 1.54) is 11.1 Å². The van der Waals surface area contributed by atoms with Gasteiger partial charge in [0.25, 0.3) is 0 Å². The molecular formula is C20H26O. The van der Waals surface area contributed by atoms with Crippen molar-refractivity contribution in [3.05, 3.63) is 65.7 Å². The molecule has 0 radical (unpaired) electrons. The molecule has 21 heavy (non-hydrogen) atoms. The van der Waals surface area contributed by atoms with Crippen molar-refractivity contribution in [1.82, 2.24) is 0 Å². The van der Waals surface area contributed by atoms with E-state index in [1.54, 1.807) is 0 Å². The summed E-state index contributed by atoms with van der Waals surface area (Å²) in [6.07, 6.45) is 2.28. The normalized spacial score (nSPS) is 13.0. The van der Waals surface area contributed by atoms with Crippen molar-refractivity contribution < 1.29 is 4.74 Å². The molecule has 1 heteroatoms. The third kappa shape index (κ3) is 4.93. The van der Waals surface area contributed by atoms with Crippen molar-refractivity contribution in [2.45, 2.75) is 46.6 Å². The Bertz CT molecular complexity index is 552. The van der Waals surface area contributed by atoms with Crippen LogP contribution in [-0.4, -0.2) is 0 Å². The summed E-state index contributed by atoms with van der Waals surface area (Å²) < 4.78 is 6.33. The summed E-state index contributed by atoms with van der Waals surface area (Å²) in [5.74, 6) is 0.986. The van der Waals surface area contributed by atoms with Gasteiger partial charge in [-0.2, -0.15) is 0 Å². The van der Waals surface area contributed by atoms with Crippen LogP contribution in [0.3, 0.4) is 0 Å². The smallest absolute Gasteiger partial charge is 0.124 e. The lowest BCUT2D eigenvalue weighted by atomic mass is 9.88. The van der Waals surface area contributed by atoms with Crippen molar-refractivity contribution in [3.8, 4) is 5.75 Å². The number of ether oxygens (including phenoxy) is 1. The van der Waals surface area contributed by atoms with E-state index in [2.05, 4.69) is 76.2 Å². The SMILES string of the molecule is Cc1ccccc1OC(CCC(C)(C)C)c1ccccc1. The van der Waals surface area contributed by atoms with E-state index < -0.39 is 0 Å². The van der Waals surface area contributed by atoms with Gasteiger partial charge in [-0.25, -0.2) is 0 Å². The first-order valence-corrected chi connectivity index (χ1v) is 7.73. The van der Waals surface area contributed by atoms with Gasteiger partial charge < -0.3 is 4.74 Å². The fraction of sp³-hybridized carbons (Fsp3) is 0.400. The van der Waals surface area contributed by atoms with Crippen LogP contribution in [0.2, 0.25) is 0 Å². The molecule has 1 unspecified atom stereocenters. The van der Waals surface area contributed by atoms with E-state index in [-0.39, 0.29) is 6.10 Å². The second-order valence-electron chi connectivity index (χ2n) is 6.88. The van der Waals surface area contributed by atoms with Crippen molar-refractivity contribution >= 4 is 0 Å². The quantitative estimate of drug-likeness (QED) is 0.659. The first-order chi connectivity index (χ1) is 9.96. The maximum Gasteiger partial charge on any atom is 0.124 e. The summed E-state index contributed by atoms with van der Waals surface area (Å²) in [4.78, 5) is 0. The minimum Gasteiger partial charge on any atom is -0.485 e. The van der Waals surface area contributed by atoms with E-state index in [9.17, 15) is 0 Å². The first kappa shape index (κ1) is 15.6. The molecule has 0 heterocycles. The molecule has 0 N–H and O–H groups in total. The number of para-hydroxylation sites is 1. The predicted molar refractivity (Wildman–Crippen MR) is 89.7 cm³/mol. The molecule has 0 aromatic heterocycles. The number of hydrogen-bond donors (Lipinski definition) is 0. The Balaban J connectivity index is 2.18. The Morgan fingerprint density at radius 3 is 2.14 bits per heavy atom. The van der Waals surface area contributed by atoms with Gasteiger partial charge in [0.15, 0.2) is 0 Å². The zero-order valence-corrected chi connectivity index (χ0v) is 13.6. The average Bonchev–Trinajstić information content (AvgIpc) is 2.45. The minimum atomic E-state index is 0.117. The second-order valence-corrected chi connectivity index (χ2v) is 6.88. The molecular weight excluding hydrogens is 256 g/mol. The summed E-state index contributed by atoms with van der Waals surface area (Å²) in [5, 5.41) is 0. The summed E-state index contributed by atoms with van der Waals surface area (Å²) in [6.45, 7) is 8.94. The van der Waals surface area contributed by atoms with Crippen LogP contribution in [0.25, 0.3) is 0 Å². The Hall–Kier alpha value is -1.76. The molecule has 0 saturated carbocycles. The maximum atomic E-state index is 6.33. The molecule has 2 rings (SSSR count). The van der Waals surface area contributed by atoms with Gasteiger partial charge in [0, 0.05) is 0 Å². The molecule has 2 aromatic rings. The van der Waals surface area contributed by atoms with Crippen molar-refractivity contribution in [2.24, 2.45) is 5.41 Å². The van der Waals surface area contributed by atoms with Crippen LogP contribution in [0.5, 0.6) is 5.75 Å². The molecule has 0 fully saturated rings. The van der Waals surface area contributed by atoms with Crippen LogP contribution in [0.4, 0.5) is 0 Å². The second kappa shape index (κ2) is 6.80. The summed E-state index contributed by atoms with van der Waals surface area (Å²) in [5.41, 5.74) is 2.77. The molecule has 0 bridgehead atoms. The Morgan fingerprint density at radius 2 is 1.52 bits per heavy atom. The number of hydrogen-bond acceptors (Lipinski definition) is 1. The van der Waals surface area contributed by atoms with E-state index in [0.717, 1.165) is 18.6 Å². The highest BCUT2D eigenvalue weighted by Crippen LogP contribution is 2.32. The summed E-state index contributed by atoms with van der Waals surface area (Å²) >= 11 is 0. The molecule has 0 saturated heterocycles. The number of aryl methyl sites for hydroxylation is 1. The van der Waals surface area contributed by atoms with Crippen molar-refractivity contribution in [2.75, 3.05) is 0 Å². The van der Waals surface area contributed by atoms with Crippen LogP contribution >= 0.6 is 0 Å². The monoisotopic (exact) mass is 282 g/mol. The van der Waals surface area contributed by atoms with Gasteiger partial charge in [-0.1, -0.05) is 69.3 Å². The lowest BCUT2D eigenvalue weighted by molar-refractivity contribution is 0.171. The van der Waals surface area contributed by atoms with E-state index in [0.29, 0.717) is 5.41 Å². The van der Waals surface area contributed by atoms with Crippen LogP contribution in [-0.2, 0) is 0 Å². The highest BCUT2D eigenvalue weighted by atomic mass is 16.5. The molecule has 2 aromatic carbocycles. The molecule has 0 aliphatic heterocycles. The standard InChI is InChI=1S/C20H26O/c1-16-10-8-9-13-18(16)21-19(14-15-20(2,3)4)17-11-6-5-7-12-17/h5-13,19H,14-15H2,1-4H3. The number of benzene rings is 2. The predicted octanol–water partition coefficient (Wildman–Crippen LogP) is 5.94. The topological polar surface area (TPSA) is 9.23 Å². The molecule has 112 valence electrons. The van der Waals surface area contributed by atoms with Gasteiger partial charge in [0.2, 0.25) is 0 Å². The van der Waals surface area contributed by atoms with Crippen LogP contribution in [0.15, 0.2) is 54.6 Å². The van der Waals surface area contributed by atoms with Gasteiger partial charge in [-0.05, 0) is 42.4 Å². The third-order valence-corrected chi connectivity index (χ3v) is 3.69. The Kier molecular flexibility index (Phi) is 5.06. The van der Waals surface area contributed by atoms with Gasteiger partial charge in [0.05, 0.1) is 0 Å². The van der Waals surface area contributed by atoms with Gasteiger partial charge in [-0.3, -0.25) is 0 Å². The minimum absolute atomic E-state index is 0.117. The zero-order valence-electron chi connectivity index (χ0n) is 13.6.